The zero-order valence-corrected chi connectivity index (χ0v) is 12.6. The van der Waals surface area contributed by atoms with Crippen molar-refractivity contribution in [3.8, 4) is 0 Å². The van der Waals surface area contributed by atoms with Crippen molar-refractivity contribution in [3.05, 3.63) is 30.3 Å². The molecule has 0 bridgehead atoms. The van der Waals surface area contributed by atoms with E-state index in [4.69, 9.17) is 4.74 Å². The number of rotatable bonds is 4. The van der Waals surface area contributed by atoms with Crippen molar-refractivity contribution >= 4 is 17.7 Å². The van der Waals surface area contributed by atoms with Gasteiger partial charge in [-0.05, 0) is 37.9 Å². The highest BCUT2D eigenvalue weighted by atomic mass is 32.2. The second-order valence-corrected chi connectivity index (χ2v) is 6.87. The van der Waals surface area contributed by atoms with Gasteiger partial charge in [0.2, 0.25) is 0 Å². The number of nitrogens with zero attached hydrogens (tertiary/aromatic N) is 1. The van der Waals surface area contributed by atoms with Gasteiger partial charge < -0.3 is 4.74 Å². The summed E-state index contributed by atoms with van der Waals surface area (Å²) >= 11 is 1.92. The van der Waals surface area contributed by atoms with Gasteiger partial charge in [-0.1, -0.05) is 18.2 Å². The molecule has 0 radical (unpaired) electrons. The Morgan fingerprint density at radius 1 is 1.35 bits per heavy atom. The van der Waals surface area contributed by atoms with Gasteiger partial charge in [-0.25, -0.2) is 0 Å². The number of likely N-dealkylation sites (tertiary alicyclic amines) is 1. The fourth-order valence-corrected chi connectivity index (χ4v) is 4.10. The van der Waals surface area contributed by atoms with Crippen molar-refractivity contribution in [3.63, 3.8) is 0 Å². The largest absolute Gasteiger partial charge is 0.461 e. The number of hydrogen-bond donors (Lipinski definition) is 0. The number of cyclic esters (lactones) is 1. The molecular formula is C16H21NO2S. The van der Waals surface area contributed by atoms with Crippen molar-refractivity contribution < 1.29 is 9.53 Å². The average Bonchev–Trinajstić information content (AvgIpc) is 3.04. The second kappa shape index (κ2) is 6.19. The maximum absolute atomic E-state index is 11.8. The average molecular weight is 291 g/mol. The van der Waals surface area contributed by atoms with Crippen LogP contribution >= 0.6 is 11.8 Å². The third kappa shape index (κ3) is 3.18. The summed E-state index contributed by atoms with van der Waals surface area (Å²) in [6, 6.07) is 10.5. The minimum Gasteiger partial charge on any atom is -0.461 e. The Kier molecular flexibility index (Phi) is 4.32. The number of thioether (sulfide) groups is 1. The van der Waals surface area contributed by atoms with E-state index in [0.29, 0.717) is 5.92 Å². The van der Waals surface area contributed by atoms with Gasteiger partial charge >= 0.3 is 5.97 Å². The summed E-state index contributed by atoms with van der Waals surface area (Å²) in [4.78, 5) is 15.4. The summed E-state index contributed by atoms with van der Waals surface area (Å²) in [5.41, 5.74) is 0. The van der Waals surface area contributed by atoms with E-state index in [2.05, 4.69) is 29.2 Å². The Morgan fingerprint density at radius 2 is 2.15 bits per heavy atom. The molecule has 0 aromatic heterocycles. The molecule has 108 valence electrons. The molecule has 2 aliphatic rings. The molecule has 3 atom stereocenters. The molecule has 0 N–H and O–H groups in total. The standard InChI is InChI=1S/C16H21NO2S/c1-12-9-15(16(18)19-12)17-8-7-13(10-17)11-20-14-5-3-2-4-6-14/h2-6,12-13,15H,7-11H2,1H3/t12-,13+,15+/m1/s1. The highest BCUT2D eigenvalue weighted by Gasteiger charge is 2.39. The number of carbonyl (C=O) groups is 1. The molecule has 2 fully saturated rings. The molecule has 0 saturated carbocycles. The number of hydrogen-bond acceptors (Lipinski definition) is 4. The first-order chi connectivity index (χ1) is 9.72. The van der Waals surface area contributed by atoms with Crippen LogP contribution in [0.4, 0.5) is 0 Å². The van der Waals surface area contributed by atoms with Crippen LogP contribution in [-0.4, -0.2) is 41.9 Å². The first kappa shape index (κ1) is 14.0. The van der Waals surface area contributed by atoms with E-state index in [0.717, 1.165) is 25.3 Å². The molecule has 2 saturated heterocycles. The van der Waals surface area contributed by atoms with E-state index in [-0.39, 0.29) is 18.1 Å². The molecule has 0 aliphatic carbocycles. The fourth-order valence-electron chi connectivity index (χ4n) is 3.05. The van der Waals surface area contributed by atoms with E-state index in [1.54, 1.807) is 0 Å². The van der Waals surface area contributed by atoms with Gasteiger partial charge in [-0.15, -0.1) is 11.8 Å². The Morgan fingerprint density at radius 3 is 2.85 bits per heavy atom. The van der Waals surface area contributed by atoms with E-state index in [1.165, 1.54) is 11.3 Å². The second-order valence-electron chi connectivity index (χ2n) is 5.77. The molecule has 2 heterocycles. The lowest BCUT2D eigenvalue weighted by molar-refractivity contribution is -0.144. The predicted molar refractivity (Wildman–Crippen MR) is 80.8 cm³/mol. The molecule has 3 rings (SSSR count). The molecule has 4 heteroatoms. The van der Waals surface area contributed by atoms with E-state index >= 15 is 0 Å². The van der Waals surface area contributed by atoms with Gasteiger partial charge in [0.15, 0.2) is 0 Å². The zero-order valence-electron chi connectivity index (χ0n) is 11.8. The Balaban J connectivity index is 1.49. The van der Waals surface area contributed by atoms with Crippen LogP contribution in [0.15, 0.2) is 35.2 Å². The highest BCUT2D eigenvalue weighted by molar-refractivity contribution is 7.99. The molecule has 0 spiro atoms. The van der Waals surface area contributed by atoms with Gasteiger partial charge in [0.05, 0.1) is 0 Å². The maximum Gasteiger partial charge on any atom is 0.323 e. The predicted octanol–water partition coefficient (Wildman–Crippen LogP) is 2.80. The zero-order chi connectivity index (χ0) is 13.9. The lowest BCUT2D eigenvalue weighted by atomic mass is 10.1. The van der Waals surface area contributed by atoms with Crippen LogP contribution in [0.3, 0.4) is 0 Å². The van der Waals surface area contributed by atoms with Crippen LogP contribution in [-0.2, 0) is 9.53 Å². The summed E-state index contributed by atoms with van der Waals surface area (Å²) in [7, 11) is 0. The fraction of sp³-hybridized carbons (Fsp3) is 0.562. The highest BCUT2D eigenvalue weighted by Crippen LogP contribution is 2.29. The van der Waals surface area contributed by atoms with Crippen LogP contribution < -0.4 is 0 Å². The van der Waals surface area contributed by atoms with Crippen LogP contribution in [0.25, 0.3) is 0 Å². The van der Waals surface area contributed by atoms with Gasteiger partial charge in [0.25, 0.3) is 0 Å². The van der Waals surface area contributed by atoms with Crippen molar-refractivity contribution in [1.82, 2.24) is 4.90 Å². The molecule has 1 aromatic rings. The number of carbonyl (C=O) groups excluding carboxylic acids is 1. The van der Waals surface area contributed by atoms with Gasteiger partial charge in [-0.3, -0.25) is 9.69 Å². The number of benzene rings is 1. The van der Waals surface area contributed by atoms with E-state index in [9.17, 15) is 4.79 Å². The third-order valence-electron chi connectivity index (χ3n) is 4.13. The molecule has 20 heavy (non-hydrogen) atoms. The smallest absolute Gasteiger partial charge is 0.323 e. The van der Waals surface area contributed by atoms with Crippen LogP contribution in [0.5, 0.6) is 0 Å². The summed E-state index contributed by atoms with van der Waals surface area (Å²) in [5, 5.41) is 0. The molecule has 0 unspecified atom stereocenters. The summed E-state index contributed by atoms with van der Waals surface area (Å²) in [6.45, 7) is 4.05. The molecule has 0 amide bonds. The molecule has 2 aliphatic heterocycles. The Labute approximate surface area is 124 Å². The van der Waals surface area contributed by atoms with E-state index in [1.807, 2.05) is 24.8 Å². The number of esters is 1. The van der Waals surface area contributed by atoms with Gasteiger partial charge in [0, 0.05) is 23.6 Å². The van der Waals surface area contributed by atoms with Crippen molar-refractivity contribution in [2.45, 2.75) is 36.8 Å². The van der Waals surface area contributed by atoms with Crippen LogP contribution in [0.2, 0.25) is 0 Å². The first-order valence-electron chi connectivity index (χ1n) is 7.35. The summed E-state index contributed by atoms with van der Waals surface area (Å²) < 4.78 is 5.26. The maximum atomic E-state index is 11.8. The monoisotopic (exact) mass is 291 g/mol. The van der Waals surface area contributed by atoms with Crippen LogP contribution in [0, 0.1) is 5.92 Å². The third-order valence-corrected chi connectivity index (χ3v) is 5.38. The summed E-state index contributed by atoms with van der Waals surface area (Å²) in [5.74, 6) is 1.80. The van der Waals surface area contributed by atoms with Crippen molar-refractivity contribution in [2.24, 2.45) is 5.92 Å². The van der Waals surface area contributed by atoms with Gasteiger partial charge in [0.1, 0.15) is 12.1 Å². The lowest BCUT2D eigenvalue weighted by Crippen LogP contribution is -2.36. The summed E-state index contributed by atoms with van der Waals surface area (Å²) in [6.07, 6.45) is 2.14. The SMILES string of the molecule is C[C@@H]1C[C@H](N2CC[C@H](CSc3ccccc3)C2)C(=O)O1. The molecule has 3 nitrogen and oxygen atoms in total. The number of ether oxygens (including phenoxy) is 1. The molecular weight excluding hydrogens is 270 g/mol. The lowest BCUT2D eigenvalue weighted by Gasteiger charge is -2.20. The topological polar surface area (TPSA) is 29.5 Å². The van der Waals surface area contributed by atoms with Crippen molar-refractivity contribution in [1.29, 1.82) is 0 Å². The quantitative estimate of drug-likeness (QED) is 0.630. The minimum absolute atomic E-state index is 0.0109. The van der Waals surface area contributed by atoms with E-state index < -0.39 is 0 Å². The molecule has 1 aromatic carbocycles. The first-order valence-corrected chi connectivity index (χ1v) is 8.33. The Bertz CT molecular complexity index is 465. The van der Waals surface area contributed by atoms with Crippen molar-refractivity contribution in [2.75, 3.05) is 18.8 Å². The minimum atomic E-state index is -0.0196. The normalized spacial score (nSPS) is 30.6. The Hall–Kier alpha value is -1.00. The van der Waals surface area contributed by atoms with Gasteiger partial charge in [-0.2, -0.15) is 0 Å². The van der Waals surface area contributed by atoms with Crippen LogP contribution in [0.1, 0.15) is 19.8 Å².